The lowest BCUT2D eigenvalue weighted by Gasteiger charge is -2.09. The van der Waals surface area contributed by atoms with E-state index in [1.54, 1.807) is 54.3 Å². The molecule has 0 radical (unpaired) electrons. The molecule has 0 bridgehead atoms. The Bertz CT molecular complexity index is 1340. The van der Waals surface area contributed by atoms with Crippen LogP contribution in [-0.4, -0.2) is 20.6 Å². The fourth-order valence-electron chi connectivity index (χ4n) is 3.39. The van der Waals surface area contributed by atoms with Gasteiger partial charge >= 0.3 is 0 Å². The Kier molecular flexibility index (Phi) is 7.03. The van der Waals surface area contributed by atoms with Gasteiger partial charge in [-0.05, 0) is 54.4 Å². The van der Waals surface area contributed by atoms with E-state index in [0.29, 0.717) is 29.1 Å². The Balaban J connectivity index is 1.36. The van der Waals surface area contributed by atoms with Gasteiger partial charge in [0, 0.05) is 27.9 Å². The molecule has 1 amide bonds. The molecule has 8 nitrogen and oxygen atoms in total. The predicted octanol–water partition coefficient (Wildman–Crippen LogP) is 5.74. The molecule has 0 aliphatic rings. The molecule has 4 rings (SSSR count). The first-order valence-corrected chi connectivity index (χ1v) is 11.2. The van der Waals surface area contributed by atoms with Crippen LogP contribution in [0.1, 0.15) is 27.0 Å². The molecule has 1 heterocycles. The largest absolute Gasteiger partial charge is 0.489 e. The molecule has 1 N–H and O–H groups in total. The summed E-state index contributed by atoms with van der Waals surface area (Å²) in [5, 5.41) is 18.1. The van der Waals surface area contributed by atoms with E-state index < -0.39 is 4.92 Å². The van der Waals surface area contributed by atoms with Crippen molar-refractivity contribution >= 4 is 33.2 Å². The predicted molar refractivity (Wildman–Crippen MR) is 132 cm³/mol. The number of rotatable bonds is 8. The Morgan fingerprint density at radius 1 is 1.12 bits per heavy atom. The van der Waals surface area contributed by atoms with E-state index in [2.05, 4.69) is 26.3 Å². The van der Waals surface area contributed by atoms with Crippen molar-refractivity contribution in [3.63, 3.8) is 0 Å². The lowest BCUT2D eigenvalue weighted by molar-refractivity contribution is -0.385. The van der Waals surface area contributed by atoms with E-state index in [1.807, 2.05) is 30.3 Å². The topological polar surface area (TPSA) is 99.3 Å². The van der Waals surface area contributed by atoms with E-state index in [9.17, 15) is 14.9 Å². The van der Waals surface area contributed by atoms with Crippen LogP contribution < -0.4 is 10.1 Å². The first kappa shape index (κ1) is 23.2. The number of ether oxygens (including phenoxy) is 1. The Morgan fingerprint density at radius 3 is 2.65 bits per heavy atom. The van der Waals surface area contributed by atoms with Crippen LogP contribution in [0.15, 0.2) is 83.6 Å². The van der Waals surface area contributed by atoms with Gasteiger partial charge < -0.3 is 10.1 Å². The summed E-state index contributed by atoms with van der Waals surface area (Å²) in [6.07, 6.45) is 3.39. The minimum atomic E-state index is -0.425. The van der Waals surface area contributed by atoms with Crippen molar-refractivity contribution < 1.29 is 14.5 Å². The van der Waals surface area contributed by atoms with Crippen LogP contribution in [0.5, 0.6) is 5.75 Å². The summed E-state index contributed by atoms with van der Waals surface area (Å²) in [7, 11) is 0. The van der Waals surface area contributed by atoms with E-state index in [4.69, 9.17) is 4.74 Å². The van der Waals surface area contributed by atoms with Crippen molar-refractivity contribution in [3.8, 4) is 5.75 Å². The lowest BCUT2D eigenvalue weighted by atomic mass is 10.1. The van der Waals surface area contributed by atoms with Crippen LogP contribution in [0.25, 0.3) is 0 Å². The highest BCUT2D eigenvalue weighted by atomic mass is 79.9. The highest BCUT2D eigenvalue weighted by Crippen LogP contribution is 2.24. The summed E-state index contributed by atoms with van der Waals surface area (Å²) in [6.45, 7) is 2.48. The minimum Gasteiger partial charge on any atom is -0.489 e. The Morgan fingerprint density at radius 2 is 1.91 bits per heavy atom. The van der Waals surface area contributed by atoms with Crippen molar-refractivity contribution in [3.05, 3.63) is 116 Å². The zero-order valence-corrected chi connectivity index (χ0v) is 19.9. The minimum absolute atomic E-state index is 0.0474. The van der Waals surface area contributed by atoms with E-state index >= 15 is 0 Å². The van der Waals surface area contributed by atoms with Crippen LogP contribution in [-0.2, 0) is 13.2 Å². The van der Waals surface area contributed by atoms with Gasteiger partial charge in [-0.3, -0.25) is 19.6 Å². The van der Waals surface area contributed by atoms with Crippen molar-refractivity contribution in [2.45, 2.75) is 20.1 Å². The van der Waals surface area contributed by atoms with Gasteiger partial charge in [-0.2, -0.15) is 5.10 Å². The normalized spacial score (nSPS) is 10.6. The van der Waals surface area contributed by atoms with Crippen LogP contribution in [0.4, 0.5) is 11.4 Å². The molecule has 0 atom stereocenters. The molecule has 4 aromatic rings. The second-order valence-corrected chi connectivity index (χ2v) is 8.62. The fourth-order valence-corrected chi connectivity index (χ4v) is 3.65. The molecule has 0 spiro atoms. The number of nitro benzene ring substituents is 1. The van der Waals surface area contributed by atoms with Crippen LogP contribution in [0.3, 0.4) is 0 Å². The molecule has 0 fully saturated rings. The fraction of sp³-hybridized carbons (Fsp3) is 0.120. The SMILES string of the molecule is Cc1cc(OCc2cccc(C(=O)Nc3cnn(Cc4ccc(Br)cc4)c3)c2)ccc1[N+](=O)[O-]. The molecular formula is C25H21BrN4O4. The third kappa shape index (κ3) is 5.87. The number of aryl methyl sites for hydroxylation is 1. The number of halogens is 1. The summed E-state index contributed by atoms with van der Waals surface area (Å²) in [5.74, 6) is 0.271. The molecule has 0 saturated carbocycles. The summed E-state index contributed by atoms with van der Waals surface area (Å²) in [4.78, 5) is 23.3. The summed E-state index contributed by atoms with van der Waals surface area (Å²) < 4.78 is 8.53. The van der Waals surface area contributed by atoms with Crippen molar-refractivity contribution in [1.82, 2.24) is 9.78 Å². The van der Waals surface area contributed by atoms with Gasteiger partial charge in [0.15, 0.2) is 0 Å². The standard InChI is InChI=1S/C25H21BrN4O4/c1-17-11-23(9-10-24(17)30(32)33)34-16-19-3-2-4-20(12-19)25(31)28-22-13-27-29(15-22)14-18-5-7-21(26)8-6-18/h2-13,15H,14,16H2,1H3,(H,28,31). The summed E-state index contributed by atoms with van der Waals surface area (Å²) in [6, 6.07) is 19.7. The van der Waals surface area contributed by atoms with Crippen LogP contribution >= 0.6 is 15.9 Å². The molecule has 1 aromatic heterocycles. The second kappa shape index (κ2) is 10.3. The third-order valence-electron chi connectivity index (χ3n) is 5.11. The van der Waals surface area contributed by atoms with Gasteiger partial charge in [-0.1, -0.05) is 40.2 Å². The van der Waals surface area contributed by atoms with Gasteiger partial charge in [0.05, 0.1) is 23.4 Å². The first-order chi connectivity index (χ1) is 16.4. The maximum Gasteiger partial charge on any atom is 0.272 e. The number of amides is 1. The molecule has 3 aromatic carbocycles. The Labute approximate surface area is 204 Å². The molecular weight excluding hydrogens is 500 g/mol. The van der Waals surface area contributed by atoms with Crippen LogP contribution in [0, 0.1) is 17.0 Å². The maximum absolute atomic E-state index is 12.7. The third-order valence-corrected chi connectivity index (χ3v) is 5.64. The van der Waals surface area contributed by atoms with Gasteiger partial charge in [0.1, 0.15) is 12.4 Å². The highest BCUT2D eigenvalue weighted by Gasteiger charge is 2.12. The molecule has 34 heavy (non-hydrogen) atoms. The average molecular weight is 521 g/mol. The highest BCUT2D eigenvalue weighted by molar-refractivity contribution is 9.10. The molecule has 9 heteroatoms. The zero-order chi connectivity index (χ0) is 24.1. The summed E-state index contributed by atoms with van der Waals surface area (Å²) >= 11 is 3.42. The van der Waals surface area contributed by atoms with E-state index in [-0.39, 0.29) is 18.2 Å². The van der Waals surface area contributed by atoms with E-state index in [1.165, 1.54) is 6.07 Å². The lowest BCUT2D eigenvalue weighted by Crippen LogP contribution is -2.12. The number of benzene rings is 3. The Hall–Kier alpha value is -3.98. The quantitative estimate of drug-likeness (QED) is 0.236. The maximum atomic E-state index is 12.7. The molecule has 0 saturated heterocycles. The van der Waals surface area contributed by atoms with Crippen molar-refractivity contribution in [2.75, 3.05) is 5.32 Å². The number of nitrogens with one attached hydrogen (secondary N) is 1. The molecule has 0 unspecified atom stereocenters. The van der Waals surface area contributed by atoms with Crippen molar-refractivity contribution in [1.29, 1.82) is 0 Å². The number of aromatic nitrogens is 2. The van der Waals surface area contributed by atoms with Gasteiger partial charge in [-0.15, -0.1) is 0 Å². The monoisotopic (exact) mass is 520 g/mol. The average Bonchev–Trinajstić information content (AvgIpc) is 3.25. The number of carbonyl (C=O) groups excluding carboxylic acids is 1. The first-order valence-electron chi connectivity index (χ1n) is 10.4. The van der Waals surface area contributed by atoms with Crippen molar-refractivity contribution in [2.24, 2.45) is 0 Å². The zero-order valence-electron chi connectivity index (χ0n) is 18.3. The number of anilines is 1. The van der Waals surface area contributed by atoms with Gasteiger partial charge in [0.25, 0.3) is 11.6 Å². The number of hydrogen-bond donors (Lipinski definition) is 1. The molecule has 0 aliphatic heterocycles. The van der Waals surface area contributed by atoms with Gasteiger partial charge in [0.2, 0.25) is 0 Å². The summed E-state index contributed by atoms with van der Waals surface area (Å²) in [5.41, 5.74) is 3.56. The number of carbonyl (C=O) groups is 1. The second-order valence-electron chi connectivity index (χ2n) is 7.70. The smallest absolute Gasteiger partial charge is 0.272 e. The number of hydrogen-bond acceptors (Lipinski definition) is 5. The molecule has 0 aliphatic carbocycles. The number of nitro groups is 1. The number of nitrogens with zero attached hydrogens (tertiary/aromatic N) is 3. The van der Waals surface area contributed by atoms with E-state index in [0.717, 1.165) is 15.6 Å². The molecule has 172 valence electrons. The van der Waals surface area contributed by atoms with Gasteiger partial charge in [-0.25, -0.2) is 0 Å². The van der Waals surface area contributed by atoms with Crippen LogP contribution in [0.2, 0.25) is 0 Å².